The smallest absolute Gasteiger partial charge is 0.106 e. The normalized spacial score (nSPS) is 10.8. The molecular weight excluding hydrogens is 222 g/mol. The van der Waals surface area contributed by atoms with Gasteiger partial charge in [-0.2, -0.15) is 0 Å². The lowest BCUT2D eigenvalue weighted by Crippen LogP contribution is -1.99. The first-order chi connectivity index (χ1) is 8.70. The van der Waals surface area contributed by atoms with Crippen molar-refractivity contribution in [3.63, 3.8) is 0 Å². The second-order valence-corrected chi connectivity index (χ2v) is 4.77. The molecule has 0 atom stereocenters. The van der Waals surface area contributed by atoms with Gasteiger partial charge in [-0.3, -0.25) is 0 Å². The fraction of sp³-hybridized carbons (Fsp3) is 0.400. The van der Waals surface area contributed by atoms with Gasteiger partial charge in [0, 0.05) is 17.7 Å². The van der Waals surface area contributed by atoms with Gasteiger partial charge in [0.15, 0.2) is 0 Å². The van der Waals surface area contributed by atoms with E-state index in [1.54, 1.807) is 0 Å². The monoisotopic (exact) mass is 243 g/mol. The maximum atomic E-state index is 5.50. The third-order valence-electron chi connectivity index (χ3n) is 3.13. The van der Waals surface area contributed by atoms with Crippen LogP contribution >= 0.6 is 0 Å². The number of H-pyrrole nitrogens is 1. The number of imidazole rings is 1. The van der Waals surface area contributed by atoms with Gasteiger partial charge in [0.2, 0.25) is 0 Å². The van der Waals surface area contributed by atoms with Crippen LogP contribution in [-0.2, 0) is 6.42 Å². The van der Waals surface area contributed by atoms with Crippen LogP contribution < -0.4 is 5.73 Å². The highest BCUT2D eigenvalue weighted by molar-refractivity contribution is 5.62. The first-order valence-corrected chi connectivity index (χ1v) is 6.53. The van der Waals surface area contributed by atoms with Crippen molar-refractivity contribution in [2.24, 2.45) is 5.73 Å². The van der Waals surface area contributed by atoms with E-state index >= 15 is 0 Å². The van der Waals surface area contributed by atoms with E-state index in [1.807, 2.05) is 0 Å². The third-order valence-corrected chi connectivity index (χ3v) is 3.13. The maximum absolute atomic E-state index is 5.50. The van der Waals surface area contributed by atoms with Crippen molar-refractivity contribution in [3.05, 3.63) is 41.3 Å². The fourth-order valence-electron chi connectivity index (χ4n) is 2.07. The van der Waals surface area contributed by atoms with Crippen molar-refractivity contribution in [3.8, 4) is 11.3 Å². The Kier molecular flexibility index (Phi) is 4.15. The lowest BCUT2D eigenvalue weighted by atomic mass is 10.1. The Balaban J connectivity index is 2.16. The molecule has 0 aliphatic rings. The second-order valence-electron chi connectivity index (χ2n) is 4.77. The minimum atomic E-state index is 0.754. The summed E-state index contributed by atoms with van der Waals surface area (Å²) in [4.78, 5) is 8.05. The molecule has 1 heterocycles. The molecule has 0 amide bonds. The topological polar surface area (TPSA) is 54.7 Å². The Bertz CT molecular complexity index is 497. The van der Waals surface area contributed by atoms with Crippen LogP contribution in [0.15, 0.2) is 24.3 Å². The van der Waals surface area contributed by atoms with Crippen molar-refractivity contribution in [1.29, 1.82) is 0 Å². The molecule has 2 aromatic rings. The molecule has 0 saturated heterocycles. The number of hydrogen-bond donors (Lipinski definition) is 2. The van der Waals surface area contributed by atoms with E-state index in [-0.39, 0.29) is 0 Å². The quantitative estimate of drug-likeness (QED) is 0.793. The number of rotatable bonds is 5. The highest BCUT2D eigenvalue weighted by Crippen LogP contribution is 2.21. The van der Waals surface area contributed by atoms with Crippen LogP contribution in [0.5, 0.6) is 0 Å². The van der Waals surface area contributed by atoms with Gasteiger partial charge in [0.25, 0.3) is 0 Å². The van der Waals surface area contributed by atoms with Crippen molar-refractivity contribution in [1.82, 2.24) is 9.97 Å². The lowest BCUT2D eigenvalue weighted by Gasteiger charge is -1.99. The van der Waals surface area contributed by atoms with Crippen LogP contribution in [0.3, 0.4) is 0 Å². The van der Waals surface area contributed by atoms with Gasteiger partial charge in [-0.15, -0.1) is 0 Å². The average Bonchev–Trinajstić information content (AvgIpc) is 2.72. The number of nitrogens with zero attached hydrogens (tertiary/aromatic N) is 1. The Hall–Kier alpha value is -1.61. The number of nitrogens with two attached hydrogens (primary N) is 1. The molecule has 0 aliphatic carbocycles. The fourth-order valence-corrected chi connectivity index (χ4v) is 2.07. The molecule has 96 valence electrons. The standard InChI is InChI=1S/C15H21N3/c1-11-6-8-13(9-7-11)15-12(2)17-14(18-15)5-3-4-10-16/h6-9H,3-5,10,16H2,1-2H3,(H,17,18). The molecule has 0 unspecified atom stereocenters. The molecule has 3 N–H and O–H groups in total. The summed E-state index contributed by atoms with van der Waals surface area (Å²) in [7, 11) is 0. The average molecular weight is 243 g/mol. The summed E-state index contributed by atoms with van der Waals surface area (Å²) >= 11 is 0. The lowest BCUT2D eigenvalue weighted by molar-refractivity contribution is 0.722. The second kappa shape index (κ2) is 5.83. The zero-order chi connectivity index (χ0) is 13.0. The van der Waals surface area contributed by atoms with Crippen molar-refractivity contribution >= 4 is 0 Å². The number of aromatic amines is 1. The SMILES string of the molecule is Cc1ccc(-c2nc(CCCCN)[nH]c2C)cc1. The van der Waals surface area contributed by atoms with Crippen molar-refractivity contribution in [2.45, 2.75) is 33.1 Å². The van der Waals surface area contributed by atoms with Crippen molar-refractivity contribution in [2.75, 3.05) is 6.54 Å². The third kappa shape index (κ3) is 2.99. The van der Waals surface area contributed by atoms with Gasteiger partial charge in [0.1, 0.15) is 5.82 Å². The van der Waals surface area contributed by atoms with Crippen LogP contribution in [0.1, 0.15) is 29.9 Å². The predicted octanol–water partition coefficient (Wildman–Crippen LogP) is 2.97. The summed E-state index contributed by atoms with van der Waals surface area (Å²) in [5, 5.41) is 0. The molecule has 0 saturated carbocycles. The van der Waals surface area contributed by atoms with Crippen LogP contribution in [0.4, 0.5) is 0 Å². The van der Waals surface area contributed by atoms with Gasteiger partial charge >= 0.3 is 0 Å². The number of aromatic nitrogens is 2. The number of aryl methyl sites for hydroxylation is 3. The number of benzene rings is 1. The molecule has 0 spiro atoms. The van der Waals surface area contributed by atoms with Crippen LogP contribution in [0.2, 0.25) is 0 Å². The van der Waals surface area contributed by atoms with E-state index in [4.69, 9.17) is 5.73 Å². The summed E-state index contributed by atoms with van der Waals surface area (Å²) in [6.07, 6.45) is 3.13. The molecule has 0 aliphatic heterocycles. The molecule has 0 radical (unpaired) electrons. The highest BCUT2D eigenvalue weighted by Gasteiger charge is 2.08. The Labute approximate surface area is 108 Å². The maximum Gasteiger partial charge on any atom is 0.106 e. The van der Waals surface area contributed by atoms with Gasteiger partial charge in [-0.05, 0) is 33.2 Å². The molecule has 1 aromatic heterocycles. The number of hydrogen-bond acceptors (Lipinski definition) is 2. The Morgan fingerprint density at radius 2 is 1.83 bits per heavy atom. The first kappa shape index (κ1) is 12.8. The van der Waals surface area contributed by atoms with Crippen LogP contribution in [0, 0.1) is 13.8 Å². The van der Waals surface area contributed by atoms with E-state index in [2.05, 4.69) is 48.1 Å². The van der Waals surface area contributed by atoms with Gasteiger partial charge in [-0.1, -0.05) is 29.8 Å². The molecule has 1 aromatic carbocycles. The summed E-state index contributed by atoms with van der Waals surface area (Å²) < 4.78 is 0. The van der Waals surface area contributed by atoms with Crippen LogP contribution in [0.25, 0.3) is 11.3 Å². The van der Waals surface area contributed by atoms with Crippen LogP contribution in [-0.4, -0.2) is 16.5 Å². The van der Waals surface area contributed by atoms with Crippen molar-refractivity contribution < 1.29 is 0 Å². The summed E-state index contributed by atoms with van der Waals surface area (Å²) in [6, 6.07) is 8.50. The largest absolute Gasteiger partial charge is 0.346 e. The minimum Gasteiger partial charge on any atom is -0.346 e. The summed E-state index contributed by atoms with van der Waals surface area (Å²) in [6.45, 7) is 4.93. The number of nitrogens with one attached hydrogen (secondary N) is 1. The summed E-state index contributed by atoms with van der Waals surface area (Å²) in [5.41, 5.74) is 10.2. The molecule has 0 bridgehead atoms. The summed E-state index contributed by atoms with van der Waals surface area (Å²) in [5.74, 6) is 1.07. The van der Waals surface area contributed by atoms with E-state index in [0.29, 0.717) is 0 Å². The number of unbranched alkanes of at least 4 members (excludes halogenated alkanes) is 1. The highest BCUT2D eigenvalue weighted by atomic mass is 14.9. The Morgan fingerprint density at radius 3 is 2.50 bits per heavy atom. The van der Waals surface area contributed by atoms with E-state index in [0.717, 1.165) is 43.0 Å². The molecule has 2 rings (SSSR count). The zero-order valence-electron chi connectivity index (χ0n) is 11.2. The minimum absolute atomic E-state index is 0.754. The molecule has 18 heavy (non-hydrogen) atoms. The molecule has 0 fully saturated rings. The van der Waals surface area contributed by atoms with Gasteiger partial charge in [-0.25, -0.2) is 4.98 Å². The van der Waals surface area contributed by atoms with Gasteiger partial charge in [0.05, 0.1) is 5.69 Å². The van der Waals surface area contributed by atoms with E-state index in [9.17, 15) is 0 Å². The van der Waals surface area contributed by atoms with E-state index < -0.39 is 0 Å². The first-order valence-electron chi connectivity index (χ1n) is 6.53. The van der Waals surface area contributed by atoms with Gasteiger partial charge < -0.3 is 10.7 Å². The zero-order valence-corrected chi connectivity index (χ0v) is 11.2. The Morgan fingerprint density at radius 1 is 1.11 bits per heavy atom. The molecule has 3 heteroatoms. The molecule has 3 nitrogen and oxygen atoms in total. The molecular formula is C15H21N3. The predicted molar refractivity (Wildman–Crippen MR) is 75.5 cm³/mol. The van der Waals surface area contributed by atoms with E-state index in [1.165, 1.54) is 11.1 Å².